The highest BCUT2D eigenvalue weighted by atomic mass is 35.5. The van der Waals surface area contributed by atoms with E-state index in [4.69, 9.17) is 21.3 Å². The van der Waals surface area contributed by atoms with Gasteiger partial charge in [-0.05, 0) is 56.5 Å². The van der Waals surface area contributed by atoms with Crippen molar-refractivity contribution in [3.63, 3.8) is 0 Å². The van der Waals surface area contributed by atoms with E-state index in [2.05, 4.69) is 23.4 Å². The lowest BCUT2D eigenvalue weighted by Gasteiger charge is -2.18. The van der Waals surface area contributed by atoms with E-state index in [1.165, 1.54) is 23.5 Å². The number of halogens is 1. The minimum absolute atomic E-state index is 0.188. The Bertz CT molecular complexity index is 1180. The SMILES string of the molecule is COc1ccc(S(=O)(=O)N2CC[C@H](Cc3nc4cccnc4n3C(C)C)C2)cc1Cl. The van der Waals surface area contributed by atoms with Gasteiger partial charge in [-0.3, -0.25) is 0 Å². The van der Waals surface area contributed by atoms with Crippen molar-refractivity contribution in [3.05, 3.63) is 47.4 Å². The number of nitrogens with zero attached hydrogens (tertiary/aromatic N) is 4. The topological polar surface area (TPSA) is 77.3 Å². The number of benzene rings is 1. The van der Waals surface area contributed by atoms with Crippen LogP contribution in [0.4, 0.5) is 0 Å². The van der Waals surface area contributed by atoms with Gasteiger partial charge in [-0.2, -0.15) is 4.31 Å². The highest BCUT2D eigenvalue weighted by molar-refractivity contribution is 7.89. The van der Waals surface area contributed by atoms with E-state index in [0.29, 0.717) is 25.3 Å². The Balaban J connectivity index is 1.55. The van der Waals surface area contributed by atoms with Gasteiger partial charge in [-0.15, -0.1) is 0 Å². The van der Waals surface area contributed by atoms with Gasteiger partial charge in [0, 0.05) is 31.7 Å². The van der Waals surface area contributed by atoms with Crippen LogP contribution in [0.3, 0.4) is 0 Å². The maximum Gasteiger partial charge on any atom is 0.243 e. The number of pyridine rings is 1. The maximum absolute atomic E-state index is 13.1. The molecule has 0 spiro atoms. The van der Waals surface area contributed by atoms with Crippen LogP contribution in [0.1, 0.15) is 32.1 Å². The molecule has 9 heteroatoms. The van der Waals surface area contributed by atoms with Crippen LogP contribution in [0.15, 0.2) is 41.4 Å². The smallest absolute Gasteiger partial charge is 0.243 e. The fourth-order valence-electron chi connectivity index (χ4n) is 4.06. The number of aromatic nitrogens is 3. The fraction of sp³-hybridized carbons (Fsp3) is 0.429. The number of hydrogen-bond acceptors (Lipinski definition) is 5. The summed E-state index contributed by atoms with van der Waals surface area (Å²) >= 11 is 6.14. The summed E-state index contributed by atoms with van der Waals surface area (Å²) in [5.74, 6) is 1.61. The molecule has 1 saturated heterocycles. The Morgan fingerprint density at radius 3 is 2.80 bits per heavy atom. The third-order valence-corrected chi connectivity index (χ3v) is 7.68. The molecule has 0 amide bonds. The maximum atomic E-state index is 13.1. The molecule has 7 nitrogen and oxygen atoms in total. The molecule has 0 bridgehead atoms. The largest absolute Gasteiger partial charge is 0.495 e. The first-order chi connectivity index (χ1) is 14.3. The van der Waals surface area contributed by atoms with Gasteiger partial charge in [-0.25, -0.2) is 18.4 Å². The van der Waals surface area contributed by atoms with Crippen LogP contribution in [0.5, 0.6) is 5.75 Å². The number of ether oxygens (including phenoxy) is 1. The van der Waals surface area contributed by atoms with Crippen molar-refractivity contribution in [1.29, 1.82) is 0 Å². The standard InChI is InChI=1S/C21H25ClN4O3S/c1-14(2)26-20(24-18-5-4-9-23-21(18)26)11-15-8-10-25(13-15)30(27,28)16-6-7-19(29-3)17(22)12-16/h4-7,9,12,14-15H,8,10-11,13H2,1-3H3/t15-/m1/s1. The van der Waals surface area contributed by atoms with E-state index in [-0.39, 0.29) is 21.9 Å². The van der Waals surface area contributed by atoms with Crippen molar-refractivity contribution in [2.45, 2.75) is 37.6 Å². The molecule has 3 heterocycles. The first kappa shape index (κ1) is 21.1. The number of fused-ring (bicyclic) bond motifs is 1. The van der Waals surface area contributed by atoms with Crippen LogP contribution >= 0.6 is 11.6 Å². The quantitative estimate of drug-likeness (QED) is 0.571. The summed E-state index contributed by atoms with van der Waals surface area (Å²) in [4.78, 5) is 9.45. The van der Waals surface area contributed by atoms with Crippen LogP contribution in [0.2, 0.25) is 5.02 Å². The van der Waals surface area contributed by atoms with E-state index >= 15 is 0 Å². The number of hydrogen-bond donors (Lipinski definition) is 0. The Kier molecular flexibility index (Phi) is 5.74. The van der Waals surface area contributed by atoms with Crippen LogP contribution < -0.4 is 4.74 Å². The molecule has 1 aliphatic rings. The molecule has 160 valence electrons. The summed E-state index contributed by atoms with van der Waals surface area (Å²) in [6, 6.07) is 8.64. The van der Waals surface area contributed by atoms with Gasteiger partial charge < -0.3 is 9.30 Å². The molecule has 0 aliphatic carbocycles. The van der Waals surface area contributed by atoms with Crippen molar-refractivity contribution < 1.29 is 13.2 Å². The summed E-state index contributed by atoms with van der Waals surface area (Å²) in [5.41, 5.74) is 1.74. The predicted molar refractivity (Wildman–Crippen MR) is 116 cm³/mol. The second-order valence-electron chi connectivity index (χ2n) is 7.86. The molecule has 1 atom stereocenters. The zero-order chi connectivity index (χ0) is 21.5. The summed E-state index contributed by atoms with van der Waals surface area (Å²) in [5, 5.41) is 0.285. The van der Waals surface area contributed by atoms with Gasteiger partial charge in [0.25, 0.3) is 0 Å². The second-order valence-corrected chi connectivity index (χ2v) is 10.2. The van der Waals surface area contributed by atoms with E-state index < -0.39 is 10.0 Å². The highest BCUT2D eigenvalue weighted by Crippen LogP contribution is 2.32. The average molecular weight is 449 g/mol. The van der Waals surface area contributed by atoms with Crippen molar-refractivity contribution in [1.82, 2.24) is 18.8 Å². The normalized spacial score (nSPS) is 17.8. The first-order valence-corrected chi connectivity index (χ1v) is 11.8. The van der Waals surface area contributed by atoms with Crippen LogP contribution in [0.25, 0.3) is 11.2 Å². The van der Waals surface area contributed by atoms with Crippen molar-refractivity contribution in [2.75, 3.05) is 20.2 Å². The third kappa shape index (κ3) is 3.79. The molecular weight excluding hydrogens is 424 g/mol. The first-order valence-electron chi connectivity index (χ1n) is 9.96. The monoisotopic (exact) mass is 448 g/mol. The number of methoxy groups -OCH3 is 1. The number of sulfonamides is 1. The molecule has 4 rings (SSSR count). The predicted octanol–water partition coefficient (Wildman–Crippen LogP) is 3.93. The molecule has 2 aromatic heterocycles. The Morgan fingerprint density at radius 1 is 1.30 bits per heavy atom. The lowest BCUT2D eigenvalue weighted by Crippen LogP contribution is -2.29. The highest BCUT2D eigenvalue weighted by Gasteiger charge is 2.34. The lowest BCUT2D eigenvalue weighted by molar-refractivity contribution is 0.414. The Hall–Kier alpha value is -2.16. The average Bonchev–Trinajstić information content (AvgIpc) is 3.32. The van der Waals surface area contributed by atoms with Gasteiger partial charge in [-0.1, -0.05) is 11.6 Å². The molecule has 1 aliphatic heterocycles. The van der Waals surface area contributed by atoms with Crippen molar-refractivity contribution >= 4 is 32.8 Å². The van der Waals surface area contributed by atoms with E-state index in [1.807, 2.05) is 12.1 Å². The number of rotatable bonds is 6. The van der Waals surface area contributed by atoms with Crippen LogP contribution in [0, 0.1) is 5.92 Å². The zero-order valence-corrected chi connectivity index (χ0v) is 18.8. The zero-order valence-electron chi connectivity index (χ0n) is 17.2. The van der Waals surface area contributed by atoms with Crippen molar-refractivity contribution in [2.24, 2.45) is 5.92 Å². The summed E-state index contributed by atoms with van der Waals surface area (Å²) in [6.07, 6.45) is 3.28. The Labute approximate surface area is 181 Å². The third-order valence-electron chi connectivity index (χ3n) is 5.52. The summed E-state index contributed by atoms with van der Waals surface area (Å²) < 4.78 is 35.0. The number of imidazole rings is 1. The van der Waals surface area contributed by atoms with Gasteiger partial charge in [0.15, 0.2) is 5.65 Å². The minimum atomic E-state index is -3.61. The molecule has 1 aromatic carbocycles. The molecular formula is C21H25ClN4O3S. The molecule has 0 saturated carbocycles. The lowest BCUT2D eigenvalue weighted by atomic mass is 10.0. The molecule has 0 N–H and O–H groups in total. The van der Waals surface area contributed by atoms with E-state index in [9.17, 15) is 8.42 Å². The van der Waals surface area contributed by atoms with Gasteiger partial charge in [0.1, 0.15) is 17.1 Å². The summed E-state index contributed by atoms with van der Waals surface area (Å²) in [7, 11) is -2.11. The van der Waals surface area contributed by atoms with E-state index in [0.717, 1.165) is 23.4 Å². The van der Waals surface area contributed by atoms with Crippen LogP contribution in [-0.4, -0.2) is 47.5 Å². The molecule has 30 heavy (non-hydrogen) atoms. The summed E-state index contributed by atoms with van der Waals surface area (Å²) in [6.45, 7) is 5.16. The fourth-order valence-corrected chi connectivity index (χ4v) is 5.94. The minimum Gasteiger partial charge on any atom is -0.495 e. The van der Waals surface area contributed by atoms with Gasteiger partial charge in [0.2, 0.25) is 10.0 Å². The van der Waals surface area contributed by atoms with Gasteiger partial charge >= 0.3 is 0 Å². The Morgan fingerprint density at radius 2 is 2.10 bits per heavy atom. The molecule has 3 aromatic rings. The van der Waals surface area contributed by atoms with Gasteiger partial charge in [0.05, 0.1) is 17.0 Å². The molecule has 0 radical (unpaired) electrons. The second kappa shape index (κ2) is 8.17. The molecule has 0 unspecified atom stereocenters. The van der Waals surface area contributed by atoms with E-state index in [1.54, 1.807) is 12.3 Å². The van der Waals surface area contributed by atoms with Crippen molar-refractivity contribution in [3.8, 4) is 5.75 Å². The van der Waals surface area contributed by atoms with Crippen LogP contribution in [-0.2, 0) is 16.4 Å². The molecule has 1 fully saturated rings.